The van der Waals surface area contributed by atoms with Crippen LogP contribution >= 0.6 is 22.7 Å². The van der Waals surface area contributed by atoms with Gasteiger partial charge in [0.2, 0.25) is 0 Å². The topological polar surface area (TPSA) is 40.6 Å². The van der Waals surface area contributed by atoms with E-state index in [-0.39, 0.29) is 11.8 Å². The zero-order chi connectivity index (χ0) is 33.3. The minimum atomic E-state index is 0.112. The van der Waals surface area contributed by atoms with Gasteiger partial charge < -0.3 is 9.80 Å². The molecular weight excluding hydrogens is 629 g/mol. The molecule has 0 saturated carbocycles. The number of fused-ring (bicyclic) bond motifs is 5. The van der Waals surface area contributed by atoms with Gasteiger partial charge in [-0.05, 0) is 35.7 Å². The minimum Gasteiger partial charge on any atom is -0.307 e. The summed E-state index contributed by atoms with van der Waals surface area (Å²) in [5.74, 6) is 0.224. The second-order valence-corrected chi connectivity index (χ2v) is 15.5. The van der Waals surface area contributed by atoms with Gasteiger partial charge in [-0.2, -0.15) is 0 Å². The number of carbonyl (C=O) groups excluding carboxylic acids is 2. The van der Waals surface area contributed by atoms with Crippen molar-refractivity contribution in [2.75, 3.05) is 22.9 Å². The van der Waals surface area contributed by atoms with Crippen LogP contribution in [0.3, 0.4) is 0 Å². The van der Waals surface area contributed by atoms with Crippen LogP contribution < -0.4 is 20.2 Å². The van der Waals surface area contributed by atoms with Crippen molar-refractivity contribution >= 4 is 67.8 Å². The van der Waals surface area contributed by atoms with Crippen LogP contribution in [0, 0.1) is 0 Å². The number of carbonyl (C=O) groups is 2. The Kier molecular flexibility index (Phi) is 12.2. The third-order valence-corrected chi connectivity index (χ3v) is 11.9. The van der Waals surface area contributed by atoms with E-state index in [0.717, 1.165) is 92.3 Å². The molecule has 254 valence electrons. The van der Waals surface area contributed by atoms with Gasteiger partial charge in [-0.15, -0.1) is 22.7 Å². The van der Waals surface area contributed by atoms with Gasteiger partial charge in [0.05, 0.1) is 22.5 Å². The Labute approximate surface area is 295 Å². The number of hydrogen-bond acceptors (Lipinski definition) is 4. The van der Waals surface area contributed by atoms with Gasteiger partial charge in [0, 0.05) is 44.1 Å². The molecule has 2 aliphatic rings. The third kappa shape index (κ3) is 7.35. The SMILES string of the molecule is CCCCCCCCCCN1C(=O)C(c2cccs2)=c2ccc3c4c(ccc3c21)=C(c1cccs1)C(=O)N4CCCCCCCCCC. The van der Waals surface area contributed by atoms with Gasteiger partial charge in [-0.1, -0.05) is 140 Å². The lowest BCUT2D eigenvalue weighted by Crippen LogP contribution is -2.30. The first-order valence-corrected chi connectivity index (χ1v) is 20.5. The first-order valence-electron chi connectivity index (χ1n) is 18.7. The van der Waals surface area contributed by atoms with E-state index in [1.165, 1.54) is 77.0 Å². The van der Waals surface area contributed by atoms with Gasteiger partial charge in [-0.3, -0.25) is 9.59 Å². The Bertz CT molecular complexity index is 1670. The highest BCUT2D eigenvalue weighted by Crippen LogP contribution is 2.39. The van der Waals surface area contributed by atoms with E-state index in [1.807, 2.05) is 12.1 Å². The molecule has 48 heavy (non-hydrogen) atoms. The van der Waals surface area contributed by atoms with Crippen molar-refractivity contribution in [1.82, 2.24) is 0 Å². The van der Waals surface area contributed by atoms with E-state index in [4.69, 9.17) is 0 Å². The van der Waals surface area contributed by atoms with Gasteiger partial charge >= 0.3 is 0 Å². The largest absolute Gasteiger partial charge is 0.307 e. The Morgan fingerprint density at radius 2 is 0.854 bits per heavy atom. The van der Waals surface area contributed by atoms with Gasteiger partial charge in [0.1, 0.15) is 0 Å². The van der Waals surface area contributed by atoms with Crippen molar-refractivity contribution in [3.05, 3.63) is 79.5 Å². The summed E-state index contributed by atoms with van der Waals surface area (Å²) in [6.07, 6.45) is 19.7. The molecule has 0 atom stereocenters. The zero-order valence-corrected chi connectivity index (χ0v) is 30.7. The summed E-state index contributed by atoms with van der Waals surface area (Å²) < 4.78 is 0. The molecule has 0 unspecified atom stereocenters. The third-order valence-electron chi connectivity index (χ3n) is 10.1. The molecule has 0 fully saturated rings. The molecule has 0 saturated heterocycles. The molecule has 0 bridgehead atoms. The molecule has 0 spiro atoms. The molecule has 0 radical (unpaired) electrons. The van der Waals surface area contributed by atoms with Crippen molar-refractivity contribution < 1.29 is 9.59 Å². The average molecular weight is 681 g/mol. The second-order valence-electron chi connectivity index (χ2n) is 13.6. The quantitative estimate of drug-likeness (QED) is 0.0872. The Morgan fingerprint density at radius 3 is 1.21 bits per heavy atom. The van der Waals surface area contributed by atoms with E-state index < -0.39 is 0 Å². The van der Waals surface area contributed by atoms with Crippen molar-refractivity contribution in [2.24, 2.45) is 0 Å². The lowest BCUT2D eigenvalue weighted by atomic mass is 10.0. The van der Waals surface area contributed by atoms with Crippen molar-refractivity contribution in [1.29, 1.82) is 0 Å². The summed E-state index contributed by atoms with van der Waals surface area (Å²) in [6, 6.07) is 16.9. The number of thiophene rings is 2. The van der Waals surface area contributed by atoms with Crippen molar-refractivity contribution in [3.8, 4) is 0 Å². The van der Waals surface area contributed by atoms with Crippen LogP contribution in [0.15, 0.2) is 59.3 Å². The molecular formula is C42H52N2O2S2. The van der Waals surface area contributed by atoms with Gasteiger partial charge in [-0.25, -0.2) is 0 Å². The van der Waals surface area contributed by atoms with E-state index in [1.54, 1.807) is 22.7 Å². The van der Waals surface area contributed by atoms with Crippen LogP contribution in [-0.2, 0) is 9.59 Å². The number of benzene rings is 2. The van der Waals surface area contributed by atoms with Crippen LogP contribution in [0.5, 0.6) is 0 Å². The number of hydrogen-bond donors (Lipinski definition) is 0. The highest BCUT2D eigenvalue weighted by Gasteiger charge is 2.35. The minimum absolute atomic E-state index is 0.112. The van der Waals surface area contributed by atoms with Crippen LogP contribution in [0.25, 0.3) is 21.9 Å². The average Bonchev–Trinajstić information content (AvgIpc) is 3.90. The standard InChI is InChI=1S/C42H52N2O2S2/c1-3-5-7-9-11-13-15-17-27-43-39-31-23-26-34-38(36-22-20-30-48-36)42(46)44(28-18-16-14-12-10-8-6-4-2)40(34)32(31)24-25-33(39)37(41(43)45)35-21-19-29-47-35/h19-26,29-30H,3-18,27-28H2,1-2H3. The fourth-order valence-electron chi connectivity index (χ4n) is 7.61. The molecule has 6 heteroatoms. The summed E-state index contributed by atoms with van der Waals surface area (Å²) in [7, 11) is 0. The number of rotatable bonds is 20. The second kappa shape index (κ2) is 16.9. The molecule has 2 aromatic carbocycles. The van der Waals surface area contributed by atoms with E-state index in [2.05, 4.69) is 70.8 Å². The number of nitrogens with zero attached hydrogens (tertiary/aromatic N) is 2. The van der Waals surface area contributed by atoms with Crippen LogP contribution in [0.4, 0.5) is 11.4 Å². The van der Waals surface area contributed by atoms with Gasteiger partial charge in [0.25, 0.3) is 11.8 Å². The van der Waals surface area contributed by atoms with Crippen molar-refractivity contribution in [3.63, 3.8) is 0 Å². The molecule has 2 aliphatic heterocycles. The van der Waals surface area contributed by atoms with E-state index >= 15 is 0 Å². The summed E-state index contributed by atoms with van der Waals surface area (Å²) in [4.78, 5) is 34.6. The summed E-state index contributed by atoms with van der Waals surface area (Å²) >= 11 is 3.27. The maximum absolute atomic E-state index is 14.2. The molecule has 6 rings (SSSR count). The molecule has 0 N–H and O–H groups in total. The summed E-state index contributed by atoms with van der Waals surface area (Å²) in [5, 5.41) is 8.31. The van der Waals surface area contributed by atoms with Crippen molar-refractivity contribution in [2.45, 2.75) is 117 Å². The first-order chi connectivity index (χ1) is 23.7. The molecule has 4 aromatic rings. The van der Waals surface area contributed by atoms with Crippen LogP contribution in [0.2, 0.25) is 0 Å². The van der Waals surface area contributed by atoms with E-state index in [9.17, 15) is 9.59 Å². The fraction of sp³-hybridized carbons (Fsp3) is 0.476. The normalized spacial score (nSPS) is 14.2. The molecule has 4 heterocycles. The molecule has 0 aliphatic carbocycles. The highest BCUT2D eigenvalue weighted by atomic mass is 32.1. The zero-order valence-electron chi connectivity index (χ0n) is 29.0. The van der Waals surface area contributed by atoms with Crippen LogP contribution in [-0.4, -0.2) is 24.9 Å². The number of unbranched alkanes of at least 4 members (excludes halogenated alkanes) is 14. The molecule has 4 nitrogen and oxygen atoms in total. The Balaban J connectivity index is 1.33. The first kappa shape index (κ1) is 34.6. The lowest BCUT2D eigenvalue weighted by molar-refractivity contribution is -0.113. The highest BCUT2D eigenvalue weighted by molar-refractivity contribution is 7.11. The monoisotopic (exact) mass is 680 g/mol. The predicted molar refractivity (Wildman–Crippen MR) is 207 cm³/mol. The predicted octanol–water partition coefficient (Wildman–Crippen LogP) is 10.3. The van der Waals surface area contributed by atoms with E-state index in [0.29, 0.717) is 0 Å². The van der Waals surface area contributed by atoms with Gasteiger partial charge in [0.15, 0.2) is 0 Å². The molecule has 2 amide bonds. The maximum atomic E-state index is 14.2. The summed E-state index contributed by atoms with van der Waals surface area (Å²) in [6.45, 7) is 5.97. The summed E-state index contributed by atoms with van der Waals surface area (Å²) in [5.41, 5.74) is 3.69. The lowest BCUT2D eigenvalue weighted by Gasteiger charge is -2.23. The number of anilines is 2. The fourth-order valence-corrected chi connectivity index (χ4v) is 9.17. The Morgan fingerprint density at radius 1 is 0.479 bits per heavy atom. The smallest absolute Gasteiger partial charge is 0.260 e. The maximum Gasteiger partial charge on any atom is 0.260 e. The molecule has 2 aromatic heterocycles. The van der Waals surface area contributed by atoms with Crippen LogP contribution in [0.1, 0.15) is 126 Å². The Hall–Kier alpha value is -3.22. The number of amides is 2.